The Morgan fingerprint density at radius 2 is 1.82 bits per heavy atom. The maximum absolute atomic E-state index is 15.1. The Morgan fingerprint density at radius 3 is 2.49 bits per heavy atom. The van der Waals surface area contributed by atoms with Crippen molar-refractivity contribution < 1.29 is 51.3 Å². The van der Waals surface area contributed by atoms with Gasteiger partial charge in [0, 0.05) is 24.6 Å². The normalized spacial score (nSPS) is 27.9. The number of carbonyl (C=O) groups excluding carboxylic acids is 5. The van der Waals surface area contributed by atoms with Gasteiger partial charge in [0.2, 0.25) is 33.6 Å². The van der Waals surface area contributed by atoms with E-state index in [1.165, 1.54) is 4.90 Å². The molecule has 2 aromatic rings. The van der Waals surface area contributed by atoms with E-state index in [1.54, 1.807) is 34.1 Å². The number of methoxy groups -OCH3 is 1. The Labute approximate surface area is 357 Å². The van der Waals surface area contributed by atoms with Crippen LogP contribution in [0.25, 0.3) is 10.8 Å². The third kappa shape index (κ3) is 10.2. The predicted octanol–water partition coefficient (Wildman–Crippen LogP) is 3.41. The van der Waals surface area contributed by atoms with Crippen molar-refractivity contribution in [1.29, 1.82) is 0 Å². The molecule has 1 aromatic carbocycles. The minimum atomic E-state index is -3.90. The summed E-state index contributed by atoms with van der Waals surface area (Å²) in [4.78, 5) is 76.8. The van der Waals surface area contributed by atoms with Gasteiger partial charge in [0.15, 0.2) is 0 Å². The van der Waals surface area contributed by atoms with Crippen LogP contribution in [0.15, 0.2) is 24.4 Å². The van der Waals surface area contributed by atoms with Crippen LogP contribution >= 0.6 is 0 Å². The zero-order chi connectivity index (χ0) is 43.7. The van der Waals surface area contributed by atoms with Gasteiger partial charge in [0.25, 0.3) is 5.91 Å². The SMILES string of the molecule is CC[C@@H]1C[C@]1(NC(=O)[C@@H]1C[C@@H]2CN1C(=O)[C@H](C1CCCCC1)NC(=O)[C@@H](NC(=O)OC(C)(C)C)COCCCc1cc3c(nccc3cc1OC)O2)C(=O)NS(=O)(=O)C1CC1. The number of benzene rings is 1. The summed E-state index contributed by atoms with van der Waals surface area (Å²) >= 11 is 0. The number of hydrogen-bond acceptors (Lipinski definition) is 12. The van der Waals surface area contributed by atoms with Crippen LogP contribution in [0.3, 0.4) is 0 Å². The Hall–Kier alpha value is -4.71. The fraction of sp³-hybridized carbons (Fsp3) is 0.674. The Morgan fingerprint density at radius 1 is 1.07 bits per heavy atom. The highest BCUT2D eigenvalue weighted by Gasteiger charge is 2.62. The standard InChI is InChI=1S/C43H60N6O11S/c1-6-28-22-43(28,40(53)48-61(55,56)30-14-15-30)47-37(51)33-21-29-23-49(33)39(52)35(25-11-8-7-9-12-25)46-36(50)32(45-41(54)60-42(2,3)4)24-58-18-10-13-27-19-31-26(20-34(27)57-5)16-17-44-38(31)59-29/h16-17,19-20,25,28-30,32-33,35H,6-15,18,21-24H2,1-5H3,(H,45,54)(H,46,50)(H,47,51)(H,48,53)/t28-,29-,32+,33+,35+,43-/m1/s1. The lowest BCUT2D eigenvalue weighted by Crippen LogP contribution is -2.61. The van der Waals surface area contributed by atoms with Gasteiger partial charge < -0.3 is 39.8 Å². The van der Waals surface area contributed by atoms with Crippen LogP contribution in [0.1, 0.15) is 104 Å². The van der Waals surface area contributed by atoms with E-state index < -0.39 is 80.4 Å². The van der Waals surface area contributed by atoms with Crippen molar-refractivity contribution in [2.45, 2.75) is 145 Å². The zero-order valence-corrected chi connectivity index (χ0v) is 36.6. The van der Waals surface area contributed by atoms with Crippen molar-refractivity contribution in [2.75, 3.05) is 26.9 Å². The molecule has 334 valence electrons. The average molecular weight is 869 g/mol. The molecule has 3 heterocycles. The smallest absolute Gasteiger partial charge is 0.408 e. The number of pyridine rings is 1. The fourth-order valence-electron chi connectivity index (χ4n) is 9.01. The number of nitrogens with one attached hydrogen (secondary N) is 4. The molecule has 5 amide bonds. The summed E-state index contributed by atoms with van der Waals surface area (Å²) < 4.78 is 51.8. The Bertz CT molecular complexity index is 2120. The third-order valence-electron chi connectivity index (χ3n) is 12.5. The summed E-state index contributed by atoms with van der Waals surface area (Å²) in [6, 6.07) is 2.21. The number of amides is 5. The maximum atomic E-state index is 15.1. The molecule has 5 aliphatic rings. The first-order valence-electron chi connectivity index (χ1n) is 21.7. The van der Waals surface area contributed by atoms with E-state index >= 15 is 4.79 Å². The van der Waals surface area contributed by atoms with Gasteiger partial charge in [-0.25, -0.2) is 18.2 Å². The van der Waals surface area contributed by atoms with Crippen molar-refractivity contribution in [3.05, 3.63) is 30.0 Å². The molecule has 3 aliphatic carbocycles. The number of hydrogen-bond donors (Lipinski definition) is 4. The van der Waals surface area contributed by atoms with Crippen molar-refractivity contribution in [3.8, 4) is 11.6 Å². The predicted molar refractivity (Wildman–Crippen MR) is 223 cm³/mol. The fourth-order valence-corrected chi connectivity index (χ4v) is 10.4. The zero-order valence-electron chi connectivity index (χ0n) is 35.8. The monoisotopic (exact) mass is 868 g/mol. The highest BCUT2D eigenvalue weighted by molar-refractivity contribution is 7.91. The molecule has 0 unspecified atom stereocenters. The Kier molecular flexibility index (Phi) is 13.0. The number of sulfonamides is 1. The van der Waals surface area contributed by atoms with Gasteiger partial charge in [0.05, 0.1) is 25.5 Å². The number of fused-ring (bicyclic) bond motifs is 3. The number of aryl methyl sites for hydroxylation is 1. The van der Waals surface area contributed by atoms with Crippen LogP contribution in [0.4, 0.5) is 4.79 Å². The first kappa shape index (κ1) is 44.3. The van der Waals surface area contributed by atoms with E-state index in [1.807, 2.05) is 25.1 Å². The second-order valence-electron chi connectivity index (χ2n) is 18.2. The van der Waals surface area contributed by atoms with E-state index in [2.05, 4.69) is 25.7 Å². The van der Waals surface area contributed by atoms with Crippen LogP contribution in [0, 0.1) is 11.8 Å². The van der Waals surface area contributed by atoms with Gasteiger partial charge in [-0.3, -0.25) is 23.9 Å². The number of carbonyl (C=O) groups is 5. The molecule has 4 bridgehead atoms. The van der Waals surface area contributed by atoms with Gasteiger partial charge in [-0.15, -0.1) is 0 Å². The van der Waals surface area contributed by atoms with Crippen molar-refractivity contribution in [1.82, 2.24) is 30.6 Å². The molecule has 1 saturated heterocycles. The summed E-state index contributed by atoms with van der Waals surface area (Å²) in [5, 5.41) is 9.38. The molecule has 4 N–H and O–H groups in total. The van der Waals surface area contributed by atoms with Crippen LogP contribution in [0.5, 0.6) is 11.6 Å². The highest BCUT2D eigenvalue weighted by Crippen LogP contribution is 2.47. The Balaban J connectivity index is 1.25. The number of aromatic nitrogens is 1. The van der Waals surface area contributed by atoms with Crippen LogP contribution in [-0.2, 0) is 45.1 Å². The van der Waals surface area contributed by atoms with E-state index in [9.17, 15) is 27.6 Å². The number of ether oxygens (including phenoxy) is 4. The number of nitrogens with zero attached hydrogens (tertiary/aromatic N) is 2. The second kappa shape index (κ2) is 17.9. The lowest BCUT2D eigenvalue weighted by atomic mass is 9.83. The van der Waals surface area contributed by atoms with Gasteiger partial charge in [-0.05, 0) is 107 Å². The summed E-state index contributed by atoms with van der Waals surface area (Å²) in [7, 11) is -2.32. The minimum absolute atomic E-state index is 0.0233. The van der Waals surface area contributed by atoms with Crippen LogP contribution in [0.2, 0.25) is 0 Å². The lowest BCUT2D eigenvalue weighted by Gasteiger charge is -2.35. The van der Waals surface area contributed by atoms with Crippen molar-refractivity contribution in [3.63, 3.8) is 0 Å². The topological polar surface area (TPSA) is 221 Å². The lowest BCUT2D eigenvalue weighted by molar-refractivity contribution is -0.144. The van der Waals surface area contributed by atoms with E-state index in [-0.39, 0.29) is 44.4 Å². The van der Waals surface area contributed by atoms with Crippen LogP contribution < -0.4 is 30.1 Å². The molecule has 0 spiro atoms. The summed E-state index contributed by atoms with van der Waals surface area (Å²) in [6.45, 7) is 6.97. The van der Waals surface area contributed by atoms with Gasteiger partial charge in [-0.2, -0.15) is 0 Å². The third-order valence-corrected chi connectivity index (χ3v) is 14.3. The van der Waals surface area contributed by atoms with E-state index in [0.717, 1.165) is 30.2 Å². The van der Waals surface area contributed by atoms with Gasteiger partial charge in [-0.1, -0.05) is 32.6 Å². The van der Waals surface area contributed by atoms with E-state index in [4.69, 9.17) is 18.9 Å². The molecular weight excluding hydrogens is 809 g/mol. The first-order chi connectivity index (χ1) is 29.0. The number of alkyl carbamates (subject to hydrolysis) is 1. The quantitative estimate of drug-likeness (QED) is 0.285. The van der Waals surface area contributed by atoms with Crippen molar-refractivity contribution in [2.24, 2.45) is 11.8 Å². The van der Waals surface area contributed by atoms with Gasteiger partial charge >= 0.3 is 6.09 Å². The molecule has 61 heavy (non-hydrogen) atoms. The molecule has 2 aliphatic heterocycles. The summed E-state index contributed by atoms with van der Waals surface area (Å²) in [5.74, 6) is -2.23. The molecule has 1 aromatic heterocycles. The van der Waals surface area contributed by atoms with Gasteiger partial charge in [0.1, 0.15) is 41.1 Å². The molecule has 17 nitrogen and oxygen atoms in total. The molecule has 6 atom stereocenters. The molecule has 0 radical (unpaired) electrons. The molecular formula is C43H60N6O11S. The molecule has 7 rings (SSSR count). The van der Waals surface area contributed by atoms with Crippen LogP contribution in [-0.4, -0.2) is 116 Å². The molecule has 18 heteroatoms. The first-order valence-corrected chi connectivity index (χ1v) is 23.2. The summed E-state index contributed by atoms with van der Waals surface area (Å²) in [6.07, 6.45) is 6.76. The second-order valence-corrected chi connectivity index (χ2v) is 20.2. The molecule has 4 fully saturated rings. The number of rotatable bonds is 9. The maximum Gasteiger partial charge on any atom is 0.408 e. The van der Waals surface area contributed by atoms with E-state index in [0.29, 0.717) is 62.0 Å². The highest BCUT2D eigenvalue weighted by atomic mass is 32.2. The molecule has 3 saturated carbocycles. The largest absolute Gasteiger partial charge is 0.496 e. The summed E-state index contributed by atoms with van der Waals surface area (Å²) in [5.41, 5.74) is -1.47. The average Bonchev–Trinajstić information content (AvgIpc) is 4.15. The minimum Gasteiger partial charge on any atom is -0.496 e. The van der Waals surface area contributed by atoms with Crippen molar-refractivity contribution >= 4 is 50.5 Å².